The molecule has 0 amide bonds. The van der Waals surface area contributed by atoms with Crippen LogP contribution in [0, 0.1) is 13.8 Å². The van der Waals surface area contributed by atoms with Crippen LogP contribution in [0.3, 0.4) is 0 Å². The second-order valence-corrected chi connectivity index (χ2v) is 9.12. The third-order valence-electron chi connectivity index (χ3n) is 4.24. The first kappa shape index (κ1) is 35.8. The molecule has 8 N–H and O–H groups in total. The zero-order valence-corrected chi connectivity index (χ0v) is 25.2. The van der Waals surface area contributed by atoms with Gasteiger partial charge in [0.1, 0.15) is 34.3 Å². The van der Waals surface area contributed by atoms with Crippen molar-refractivity contribution in [3.8, 4) is 0 Å². The largest absolute Gasteiger partial charge is 0.385 e. The highest BCUT2D eigenvalue weighted by Gasteiger charge is 2.06. The van der Waals surface area contributed by atoms with Crippen LogP contribution < -0.4 is 28.2 Å². The molecule has 0 spiro atoms. The molecule has 5 aromatic heterocycles. The van der Waals surface area contributed by atoms with E-state index in [0.29, 0.717) is 28.1 Å². The van der Waals surface area contributed by atoms with E-state index in [9.17, 15) is 24.0 Å². The summed E-state index contributed by atoms with van der Waals surface area (Å²) < 4.78 is 0. The highest BCUT2D eigenvalue weighted by molar-refractivity contribution is 6.35. The maximum Gasteiger partial charge on any atom is 0.327 e. The molecule has 0 saturated carbocycles. The number of fused-ring (bicyclic) bond motifs is 2. The number of nitrogen functional groups attached to an aromatic ring is 1. The molecule has 0 aromatic carbocycles. The van der Waals surface area contributed by atoms with Gasteiger partial charge in [-0.3, -0.25) is 34.3 Å². The molecular formula is C23H25Cl4N9O6. The predicted octanol–water partition coefficient (Wildman–Crippen LogP) is 2.31. The number of nitrogens with zero attached hydrogens (tertiary/aromatic N) is 2. The average molecular weight is 665 g/mol. The Labute approximate surface area is 255 Å². The van der Waals surface area contributed by atoms with E-state index in [1.165, 1.54) is 6.92 Å². The Bertz CT molecular complexity index is 1840. The normalized spacial score (nSPS) is 9.69. The van der Waals surface area contributed by atoms with E-state index in [2.05, 4.69) is 34.9 Å². The van der Waals surface area contributed by atoms with Gasteiger partial charge in [0, 0.05) is 17.5 Å². The Hall–Kier alpha value is -4.18. The number of halogens is 4. The summed E-state index contributed by atoms with van der Waals surface area (Å²) in [4.78, 5) is 83.7. The minimum Gasteiger partial charge on any atom is -0.385 e. The number of nitrogens with two attached hydrogens (primary N) is 1. The fraction of sp³-hybridized carbons (Fsp3) is 0.217. The molecule has 5 rings (SSSR count). The van der Waals surface area contributed by atoms with Crippen molar-refractivity contribution in [1.82, 2.24) is 39.9 Å². The van der Waals surface area contributed by atoms with Gasteiger partial charge in [0.05, 0.1) is 22.5 Å². The van der Waals surface area contributed by atoms with Crippen molar-refractivity contribution in [3.63, 3.8) is 0 Å². The lowest BCUT2D eigenvalue weighted by Crippen LogP contribution is -2.22. The summed E-state index contributed by atoms with van der Waals surface area (Å²) in [6.07, 6.45) is 0.640. The van der Waals surface area contributed by atoms with Gasteiger partial charge in [-0.2, -0.15) is 4.98 Å². The van der Waals surface area contributed by atoms with Crippen molar-refractivity contribution in [2.75, 3.05) is 17.5 Å². The van der Waals surface area contributed by atoms with E-state index in [1.807, 2.05) is 24.9 Å². The number of aromatic nitrogens is 8. The molecule has 226 valence electrons. The van der Waals surface area contributed by atoms with E-state index in [4.69, 9.17) is 56.9 Å². The molecule has 19 heteroatoms. The van der Waals surface area contributed by atoms with Crippen molar-refractivity contribution >= 4 is 86.4 Å². The van der Waals surface area contributed by atoms with Crippen molar-refractivity contribution in [2.45, 2.75) is 20.8 Å². The summed E-state index contributed by atoms with van der Waals surface area (Å²) in [7, 11) is 0. The van der Waals surface area contributed by atoms with Gasteiger partial charge in [0.25, 0.3) is 11.1 Å². The Kier molecular flexibility index (Phi) is 15.0. The number of hydrogen-bond acceptors (Lipinski definition) is 9. The van der Waals surface area contributed by atoms with E-state index >= 15 is 0 Å². The number of hydrogen-bond donors (Lipinski definition) is 7. The van der Waals surface area contributed by atoms with E-state index < -0.39 is 16.9 Å². The number of ketones is 1. The second-order valence-electron chi connectivity index (χ2n) is 7.85. The Balaban J connectivity index is 0.000000279. The maximum atomic E-state index is 11.1. The van der Waals surface area contributed by atoms with Gasteiger partial charge in [-0.05, 0) is 44.5 Å². The fourth-order valence-corrected chi connectivity index (χ4v) is 3.19. The second kappa shape index (κ2) is 17.6. The van der Waals surface area contributed by atoms with Gasteiger partial charge < -0.3 is 20.5 Å². The van der Waals surface area contributed by atoms with Gasteiger partial charge in [0.2, 0.25) is 5.28 Å². The zero-order valence-electron chi connectivity index (χ0n) is 22.2. The summed E-state index contributed by atoms with van der Waals surface area (Å²) >= 11 is 21.2. The van der Waals surface area contributed by atoms with Crippen LogP contribution in [0.1, 0.15) is 18.3 Å². The summed E-state index contributed by atoms with van der Waals surface area (Å²) in [5.74, 6) is 0.343. The van der Waals surface area contributed by atoms with Crippen molar-refractivity contribution < 1.29 is 9.59 Å². The summed E-state index contributed by atoms with van der Waals surface area (Å²) in [5, 5.41) is 1.83. The SMILES string of the molecule is CC(=O)CCl.Cc1cc2c(=O)[nH]c(=O)[nH]c2[nH]1.Cc1cc2c(Cl)nc(Cl)nc2[nH]1.Nc1cc(=O)[nH]c(=O)[nH]1.O=CCCl. The zero-order chi connectivity index (χ0) is 32.0. The van der Waals surface area contributed by atoms with Gasteiger partial charge in [-0.15, -0.1) is 23.2 Å². The van der Waals surface area contributed by atoms with Crippen LogP contribution in [-0.2, 0) is 9.59 Å². The lowest BCUT2D eigenvalue weighted by molar-refractivity contribution is -0.114. The number of Topliss-reactive ketones (excluding diaryl/α,β-unsaturated/α-hetero) is 1. The monoisotopic (exact) mass is 663 g/mol. The van der Waals surface area contributed by atoms with Crippen LogP contribution in [0.15, 0.2) is 37.4 Å². The predicted molar refractivity (Wildman–Crippen MR) is 163 cm³/mol. The van der Waals surface area contributed by atoms with Crippen LogP contribution in [-0.4, -0.2) is 63.7 Å². The standard InChI is InChI=1S/C7H5Cl2N3.C7H7N3O2.C4H5N3O2.C3H5ClO.C2H3ClO/c1-3-2-4-5(8)11-7(9)12-6(4)10-3;1-3-2-4-5(8-3)9-7(12)10-6(4)11;5-2-1-3(8)7-4(9)6-2;1-3(5)2-4;3-1-2-4/h2H,1H3,(H,10,11,12);2H,1H3,(H3,8,9,10,11,12);1H,(H4,5,6,7,8,9);2H2,1H3;2H,1H2. The molecule has 0 saturated heterocycles. The molecule has 0 aliphatic carbocycles. The minimum absolute atomic E-state index is 0.0201. The summed E-state index contributed by atoms with van der Waals surface area (Å²) in [6, 6.07) is 4.67. The lowest BCUT2D eigenvalue weighted by Gasteiger charge is -1.92. The number of anilines is 1. The lowest BCUT2D eigenvalue weighted by atomic mass is 10.4. The topological polar surface area (TPSA) is 249 Å². The molecule has 0 aliphatic heterocycles. The molecule has 0 atom stereocenters. The van der Waals surface area contributed by atoms with E-state index in [0.717, 1.165) is 22.8 Å². The third-order valence-corrected chi connectivity index (χ3v) is 5.20. The first-order valence-electron chi connectivity index (χ1n) is 11.3. The van der Waals surface area contributed by atoms with E-state index in [-0.39, 0.29) is 34.2 Å². The molecule has 0 fully saturated rings. The van der Waals surface area contributed by atoms with E-state index in [1.54, 1.807) is 6.07 Å². The minimum atomic E-state index is -0.583. The van der Waals surface area contributed by atoms with Crippen molar-refractivity contribution in [3.05, 3.63) is 81.7 Å². The third kappa shape index (κ3) is 12.6. The highest BCUT2D eigenvalue weighted by atomic mass is 35.5. The maximum absolute atomic E-state index is 11.1. The molecule has 0 unspecified atom stereocenters. The molecule has 15 nitrogen and oxygen atoms in total. The number of nitrogens with one attached hydrogen (secondary N) is 6. The smallest absolute Gasteiger partial charge is 0.327 e. The number of aryl methyl sites for hydroxylation is 2. The average Bonchev–Trinajstić information content (AvgIpc) is 3.45. The molecule has 0 aliphatic rings. The number of rotatable bonds is 2. The van der Waals surface area contributed by atoms with Gasteiger partial charge >= 0.3 is 11.4 Å². The number of carbonyl (C=O) groups excluding carboxylic acids is 2. The van der Waals surface area contributed by atoms with Crippen LogP contribution in [0.25, 0.3) is 22.1 Å². The van der Waals surface area contributed by atoms with Crippen LogP contribution in [0.5, 0.6) is 0 Å². The number of aromatic amines is 6. The van der Waals surface area contributed by atoms with Crippen molar-refractivity contribution in [1.29, 1.82) is 0 Å². The Morgan fingerprint density at radius 1 is 0.857 bits per heavy atom. The molecular weight excluding hydrogens is 640 g/mol. The Morgan fingerprint density at radius 3 is 1.93 bits per heavy atom. The molecule has 0 bridgehead atoms. The highest BCUT2D eigenvalue weighted by Crippen LogP contribution is 2.22. The number of H-pyrrole nitrogens is 6. The number of aldehydes is 1. The van der Waals surface area contributed by atoms with Gasteiger partial charge in [-0.1, -0.05) is 11.6 Å². The number of alkyl halides is 2. The van der Waals surface area contributed by atoms with Crippen LogP contribution in [0.4, 0.5) is 5.82 Å². The van der Waals surface area contributed by atoms with Gasteiger partial charge in [0.15, 0.2) is 0 Å². The molecule has 42 heavy (non-hydrogen) atoms. The first-order chi connectivity index (χ1) is 19.7. The molecule has 0 radical (unpaired) electrons. The van der Waals surface area contributed by atoms with Gasteiger partial charge in [-0.25, -0.2) is 14.6 Å². The molecule has 5 heterocycles. The van der Waals surface area contributed by atoms with Crippen LogP contribution >= 0.6 is 46.4 Å². The fourth-order valence-electron chi connectivity index (χ4n) is 2.75. The molecule has 5 aromatic rings. The Morgan fingerprint density at radius 2 is 1.40 bits per heavy atom. The van der Waals surface area contributed by atoms with Crippen molar-refractivity contribution in [2.24, 2.45) is 0 Å². The first-order valence-corrected chi connectivity index (χ1v) is 13.2. The summed E-state index contributed by atoms with van der Waals surface area (Å²) in [5.41, 5.74) is 6.14. The summed E-state index contributed by atoms with van der Waals surface area (Å²) in [6.45, 7) is 5.19. The number of carbonyl (C=O) groups is 2. The quantitative estimate of drug-likeness (QED) is 0.0632. The van der Waals surface area contributed by atoms with Crippen LogP contribution in [0.2, 0.25) is 10.4 Å².